The van der Waals surface area contributed by atoms with E-state index in [4.69, 9.17) is 0 Å². The minimum absolute atomic E-state index is 0.179. The second-order valence-electron chi connectivity index (χ2n) is 5.32. The van der Waals surface area contributed by atoms with E-state index in [0.717, 1.165) is 28.4 Å². The predicted octanol–water partition coefficient (Wildman–Crippen LogP) is 3.87. The van der Waals surface area contributed by atoms with E-state index in [1.54, 1.807) is 6.07 Å². The van der Waals surface area contributed by atoms with E-state index >= 15 is 0 Å². The van der Waals surface area contributed by atoms with Gasteiger partial charge in [0, 0.05) is 17.1 Å². The lowest BCUT2D eigenvalue weighted by molar-refractivity contribution is 0.415. The molecular formula is C14H17BrFN. The molecule has 0 heterocycles. The molecule has 1 nitrogen and oxygen atoms in total. The van der Waals surface area contributed by atoms with Gasteiger partial charge in [-0.3, -0.25) is 0 Å². The second kappa shape index (κ2) is 4.69. The minimum atomic E-state index is -0.179. The van der Waals surface area contributed by atoms with Gasteiger partial charge in [0.25, 0.3) is 0 Å². The van der Waals surface area contributed by atoms with E-state index < -0.39 is 0 Å². The average Bonchev–Trinajstić information content (AvgIpc) is 3.15. The van der Waals surface area contributed by atoms with Crippen LogP contribution in [0.1, 0.15) is 31.2 Å². The quantitative estimate of drug-likeness (QED) is 0.870. The van der Waals surface area contributed by atoms with Gasteiger partial charge in [-0.1, -0.05) is 22.0 Å². The van der Waals surface area contributed by atoms with Crippen molar-refractivity contribution in [3.8, 4) is 0 Å². The van der Waals surface area contributed by atoms with Crippen LogP contribution >= 0.6 is 15.9 Å². The van der Waals surface area contributed by atoms with Crippen molar-refractivity contribution >= 4 is 15.9 Å². The summed E-state index contributed by atoms with van der Waals surface area (Å²) >= 11 is 3.42. The van der Waals surface area contributed by atoms with Crippen LogP contribution in [0, 0.1) is 17.7 Å². The van der Waals surface area contributed by atoms with Crippen molar-refractivity contribution in [2.75, 3.05) is 0 Å². The lowest BCUT2D eigenvalue weighted by atomic mass is 10.1. The van der Waals surface area contributed by atoms with Gasteiger partial charge in [0.15, 0.2) is 0 Å². The van der Waals surface area contributed by atoms with Crippen LogP contribution in [0.3, 0.4) is 0 Å². The monoisotopic (exact) mass is 297 g/mol. The lowest BCUT2D eigenvalue weighted by Gasteiger charge is -2.18. The molecular weight excluding hydrogens is 281 g/mol. The van der Waals surface area contributed by atoms with Crippen molar-refractivity contribution in [1.82, 2.24) is 5.32 Å². The van der Waals surface area contributed by atoms with Crippen LogP contribution in [0.5, 0.6) is 0 Å². The summed E-state index contributed by atoms with van der Waals surface area (Å²) in [6.45, 7) is 0.846. The van der Waals surface area contributed by atoms with Crippen LogP contribution in [-0.2, 0) is 6.54 Å². The molecule has 92 valence electrons. The second-order valence-corrected chi connectivity index (χ2v) is 6.17. The van der Waals surface area contributed by atoms with Crippen molar-refractivity contribution in [2.24, 2.45) is 11.8 Å². The number of halogens is 2. The molecule has 2 aliphatic carbocycles. The van der Waals surface area contributed by atoms with Crippen LogP contribution in [0.15, 0.2) is 22.7 Å². The molecule has 0 bridgehead atoms. The molecule has 17 heavy (non-hydrogen) atoms. The first kappa shape index (κ1) is 11.7. The highest BCUT2D eigenvalue weighted by Crippen LogP contribution is 2.44. The maximum absolute atomic E-state index is 13.0. The summed E-state index contributed by atoms with van der Waals surface area (Å²) in [6, 6.07) is 5.64. The number of hydrogen-bond acceptors (Lipinski definition) is 1. The third-order valence-electron chi connectivity index (χ3n) is 3.80. The van der Waals surface area contributed by atoms with Crippen LogP contribution in [0.4, 0.5) is 4.39 Å². The number of rotatable bonds is 5. The van der Waals surface area contributed by atoms with Crippen molar-refractivity contribution in [3.05, 3.63) is 34.1 Å². The first-order valence-electron chi connectivity index (χ1n) is 6.41. The smallest absolute Gasteiger partial charge is 0.124 e. The molecule has 0 radical (unpaired) electrons. The summed E-state index contributed by atoms with van der Waals surface area (Å²) in [4.78, 5) is 0. The third kappa shape index (κ3) is 2.89. The molecule has 3 rings (SSSR count). The molecule has 0 saturated heterocycles. The van der Waals surface area contributed by atoms with E-state index in [2.05, 4.69) is 21.2 Å². The average molecular weight is 298 g/mol. The van der Waals surface area contributed by atoms with Gasteiger partial charge < -0.3 is 5.32 Å². The molecule has 0 spiro atoms. The number of benzene rings is 1. The highest BCUT2D eigenvalue weighted by Gasteiger charge is 2.40. The van der Waals surface area contributed by atoms with E-state index in [0.29, 0.717) is 6.04 Å². The summed E-state index contributed by atoms with van der Waals surface area (Å²) in [7, 11) is 0. The van der Waals surface area contributed by atoms with Crippen molar-refractivity contribution in [1.29, 1.82) is 0 Å². The molecule has 0 amide bonds. The zero-order valence-corrected chi connectivity index (χ0v) is 11.3. The maximum Gasteiger partial charge on any atom is 0.124 e. The fourth-order valence-corrected chi connectivity index (χ4v) is 3.01. The van der Waals surface area contributed by atoms with Crippen LogP contribution in [0.2, 0.25) is 0 Å². The highest BCUT2D eigenvalue weighted by molar-refractivity contribution is 9.10. The standard InChI is InChI=1S/C14H17BrFN/c15-13-7-12(16)6-5-11(13)8-17-14(9-1-2-9)10-3-4-10/h5-7,9-10,14,17H,1-4,8H2. The Kier molecular flexibility index (Phi) is 3.22. The van der Waals surface area contributed by atoms with E-state index in [1.807, 2.05) is 6.07 Å². The zero-order valence-electron chi connectivity index (χ0n) is 9.76. The molecule has 1 N–H and O–H groups in total. The molecule has 0 aliphatic heterocycles. The lowest BCUT2D eigenvalue weighted by Crippen LogP contribution is -2.32. The maximum atomic E-state index is 13.0. The van der Waals surface area contributed by atoms with Gasteiger partial charge in [0.05, 0.1) is 0 Å². The van der Waals surface area contributed by atoms with Crippen molar-refractivity contribution in [2.45, 2.75) is 38.3 Å². The minimum Gasteiger partial charge on any atom is -0.309 e. The van der Waals surface area contributed by atoms with Crippen LogP contribution in [0.25, 0.3) is 0 Å². The van der Waals surface area contributed by atoms with Gasteiger partial charge >= 0.3 is 0 Å². The molecule has 2 saturated carbocycles. The molecule has 1 aromatic carbocycles. The summed E-state index contributed by atoms with van der Waals surface area (Å²) in [5.41, 5.74) is 1.15. The molecule has 0 aromatic heterocycles. The predicted molar refractivity (Wildman–Crippen MR) is 70.2 cm³/mol. The largest absolute Gasteiger partial charge is 0.309 e. The summed E-state index contributed by atoms with van der Waals surface area (Å²) < 4.78 is 13.8. The normalized spacial score (nSPS) is 19.9. The topological polar surface area (TPSA) is 12.0 Å². The van der Waals surface area contributed by atoms with Crippen molar-refractivity contribution in [3.63, 3.8) is 0 Å². The van der Waals surface area contributed by atoms with Gasteiger partial charge in [-0.25, -0.2) is 4.39 Å². The van der Waals surface area contributed by atoms with Gasteiger partial charge in [-0.2, -0.15) is 0 Å². The molecule has 1 aromatic rings. The Labute approximate surface area is 110 Å². The molecule has 0 atom stereocenters. The Balaban J connectivity index is 1.62. The number of hydrogen-bond donors (Lipinski definition) is 1. The van der Waals surface area contributed by atoms with E-state index in [1.165, 1.54) is 31.7 Å². The molecule has 0 unspecified atom stereocenters. The first-order chi connectivity index (χ1) is 8.24. The number of nitrogens with one attached hydrogen (secondary N) is 1. The van der Waals surface area contributed by atoms with E-state index in [9.17, 15) is 4.39 Å². The Bertz CT molecular complexity index is 401. The van der Waals surface area contributed by atoms with Gasteiger partial charge in [0.2, 0.25) is 0 Å². The Morgan fingerprint density at radius 3 is 2.41 bits per heavy atom. The Morgan fingerprint density at radius 2 is 1.88 bits per heavy atom. The van der Waals surface area contributed by atoms with Gasteiger partial charge in [-0.15, -0.1) is 0 Å². The van der Waals surface area contributed by atoms with Gasteiger partial charge in [0.1, 0.15) is 5.82 Å². The van der Waals surface area contributed by atoms with Crippen LogP contribution < -0.4 is 5.32 Å². The van der Waals surface area contributed by atoms with Crippen LogP contribution in [-0.4, -0.2) is 6.04 Å². The Hall–Kier alpha value is -0.410. The fourth-order valence-electron chi connectivity index (χ4n) is 2.52. The summed E-state index contributed by atoms with van der Waals surface area (Å²) in [5, 5.41) is 3.67. The summed E-state index contributed by atoms with van der Waals surface area (Å²) in [6.07, 6.45) is 5.55. The fraction of sp³-hybridized carbons (Fsp3) is 0.571. The molecule has 2 aliphatic rings. The van der Waals surface area contributed by atoms with Gasteiger partial charge in [-0.05, 0) is 55.2 Å². The SMILES string of the molecule is Fc1ccc(CNC(C2CC2)C2CC2)c(Br)c1. The third-order valence-corrected chi connectivity index (χ3v) is 4.54. The Morgan fingerprint density at radius 1 is 1.24 bits per heavy atom. The summed E-state index contributed by atoms with van der Waals surface area (Å²) in [5.74, 6) is 1.63. The first-order valence-corrected chi connectivity index (χ1v) is 7.20. The molecule has 2 fully saturated rings. The van der Waals surface area contributed by atoms with Crippen molar-refractivity contribution < 1.29 is 4.39 Å². The highest BCUT2D eigenvalue weighted by atomic mass is 79.9. The molecule has 3 heteroatoms. The van der Waals surface area contributed by atoms with E-state index in [-0.39, 0.29) is 5.82 Å². The zero-order chi connectivity index (χ0) is 11.8.